The number of methoxy groups -OCH3 is 1. The van der Waals surface area contributed by atoms with Gasteiger partial charge in [-0.15, -0.1) is 0 Å². The van der Waals surface area contributed by atoms with Gasteiger partial charge < -0.3 is 24.4 Å². The maximum Gasteiger partial charge on any atom is 0.410 e. The summed E-state index contributed by atoms with van der Waals surface area (Å²) in [4.78, 5) is 25.8. The zero-order valence-corrected chi connectivity index (χ0v) is 19.2. The second kappa shape index (κ2) is 9.95. The van der Waals surface area contributed by atoms with E-state index in [-0.39, 0.29) is 39.6 Å². The summed E-state index contributed by atoms with van der Waals surface area (Å²) < 4.78 is 29.7. The molecule has 2 rings (SSSR count). The van der Waals surface area contributed by atoms with Gasteiger partial charge >= 0.3 is 12.1 Å². The Kier molecular flexibility index (Phi) is 8.13. The summed E-state index contributed by atoms with van der Waals surface area (Å²) in [6, 6.07) is 0.987. The Bertz CT molecular complexity index is 772. The van der Waals surface area contributed by atoms with Gasteiger partial charge in [0.25, 0.3) is 0 Å². The number of hydrogen-bond donors (Lipinski definition) is 1. The van der Waals surface area contributed by atoms with Crippen LogP contribution in [0.1, 0.15) is 37.6 Å². The Balaban J connectivity index is 2.00. The number of nitrogens with zero attached hydrogens (tertiary/aromatic N) is 1. The Morgan fingerprint density at radius 2 is 2.10 bits per heavy atom. The van der Waals surface area contributed by atoms with Crippen molar-refractivity contribution >= 4 is 39.6 Å². The minimum atomic E-state index is -0.750. The maximum atomic E-state index is 13.9. The van der Waals surface area contributed by atoms with Crippen LogP contribution >= 0.6 is 27.5 Å². The molecule has 1 N–H and O–H groups in total. The van der Waals surface area contributed by atoms with Crippen LogP contribution in [-0.2, 0) is 9.47 Å². The molecule has 0 radical (unpaired) electrons. The predicted molar refractivity (Wildman–Crippen MR) is 110 cm³/mol. The predicted octanol–water partition coefficient (Wildman–Crippen LogP) is 4.01. The molecule has 0 aliphatic carbocycles. The van der Waals surface area contributed by atoms with E-state index in [1.54, 1.807) is 4.90 Å². The van der Waals surface area contributed by atoms with Gasteiger partial charge in [-0.2, -0.15) is 0 Å². The normalized spacial score (nSPS) is 17.1. The second-order valence-corrected chi connectivity index (χ2v) is 8.74. The van der Waals surface area contributed by atoms with E-state index in [9.17, 15) is 14.0 Å². The molecule has 0 saturated carbocycles. The number of esters is 1. The van der Waals surface area contributed by atoms with E-state index >= 15 is 0 Å². The number of halogens is 3. The van der Waals surface area contributed by atoms with Gasteiger partial charge in [-0.05, 0) is 49.2 Å². The van der Waals surface area contributed by atoms with E-state index in [4.69, 9.17) is 21.1 Å². The molecule has 29 heavy (non-hydrogen) atoms. The van der Waals surface area contributed by atoms with Gasteiger partial charge in [0.1, 0.15) is 22.0 Å². The van der Waals surface area contributed by atoms with Gasteiger partial charge in [0, 0.05) is 25.7 Å². The minimum absolute atomic E-state index is 0.00807. The smallest absolute Gasteiger partial charge is 0.410 e. The fourth-order valence-corrected chi connectivity index (χ4v) is 3.34. The third-order valence-electron chi connectivity index (χ3n) is 4.14. The lowest BCUT2D eigenvalue weighted by atomic mass is 10.1. The number of piperazine rings is 1. The topological polar surface area (TPSA) is 77.1 Å². The van der Waals surface area contributed by atoms with Crippen LogP contribution in [0.4, 0.5) is 9.18 Å². The average molecular weight is 496 g/mol. The lowest BCUT2D eigenvalue weighted by Crippen LogP contribution is -2.53. The molecule has 7 nitrogen and oxygen atoms in total. The fraction of sp³-hybridized carbons (Fsp3) is 0.579. The number of rotatable bonds is 5. The van der Waals surface area contributed by atoms with Crippen LogP contribution < -0.4 is 10.1 Å². The van der Waals surface area contributed by atoms with Crippen molar-refractivity contribution in [2.45, 2.75) is 38.8 Å². The zero-order chi connectivity index (χ0) is 21.8. The van der Waals surface area contributed by atoms with Crippen molar-refractivity contribution in [1.82, 2.24) is 10.2 Å². The molecule has 1 fully saturated rings. The number of amides is 1. The molecular weight excluding hydrogens is 471 g/mol. The van der Waals surface area contributed by atoms with Crippen LogP contribution in [0.15, 0.2) is 10.5 Å². The number of nitrogens with one attached hydrogen (secondary N) is 1. The van der Waals surface area contributed by atoms with Crippen molar-refractivity contribution in [2.24, 2.45) is 0 Å². The Morgan fingerprint density at radius 3 is 2.72 bits per heavy atom. The molecule has 10 heteroatoms. The van der Waals surface area contributed by atoms with Crippen molar-refractivity contribution < 1.29 is 28.2 Å². The third-order valence-corrected chi connectivity index (χ3v) is 5.51. The highest BCUT2D eigenvalue weighted by Crippen LogP contribution is 2.38. The van der Waals surface area contributed by atoms with E-state index < -0.39 is 17.4 Å². The standard InChI is InChI=1S/C19H25BrClFN2O5/c1-19(2,3)29-18(26)24-7-6-23-11(10-24)5-8-28-16-12(17(25)27-4)9-13(22)14(20)15(16)21/h9,11,23H,5-8,10H2,1-4H3/t11-/m0/s1. The number of carbonyl (C=O) groups is 2. The maximum absolute atomic E-state index is 13.9. The van der Waals surface area contributed by atoms with Gasteiger partial charge in [0.15, 0.2) is 5.75 Å². The summed E-state index contributed by atoms with van der Waals surface area (Å²) in [7, 11) is 1.19. The highest BCUT2D eigenvalue weighted by molar-refractivity contribution is 9.10. The number of hydrogen-bond acceptors (Lipinski definition) is 6. The van der Waals surface area contributed by atoms with Crippen molar-refractivity contribution in [3.8, 4) is 5.75 Å². The van der Waals surface area contributed by atoms with Crippen molar-refractivity contribution in [3.05, 3.63) is 26.9 Å². The zero-order valence-electron chi connectivity index (χ0n) is 16.8. The number of benzene rings is 1. The summed E-state index contributed by atoms with van der Waals surface area (Å²) >= 11 is 9.19. The lowest BCUT2D eigenvalue weighted by Gasteiger charge is -2.34. The summed E-state index contributed by atoms with van der Waals surface area (Å²) in [5.74, 6) is -1.39. The van der Waals surface area contributed by atoms with Crippen LogP contribution in [0.5, 0.6) is 5.75 Å². The highest BCUT2D eigenvalue weighted by Gasteiger charge is 2.28. The summed E-state index contributed by atoms with van der Waals surface area (Å²) in [6.45, 7) is 7.30. The van der Waals surface area contributed by atoms with E-state index in [0.717, 1.165) is 6.07 Å². The van der Waals surface area contributed by atoms with Gasteiger partial charge in [-0.3, -0.25) is 0 Å². The van der Waals surface area contributed by atoms with Gasteiger partial charge in [0.05, 0.1) is 18.2 Å². The molecule has 0 bridgehead atoms. The lowest BCUT2D eigenvalue weighted by molar-refractivity contribution is 0.0187. The first-order valence-electron chi connectivity index (χ1n) is 9.13. The van der Waals surface area contributed by atoms with Crippen molar-refractivity contribution in [3.63, 3.8) is 0 Å². The first-order valence-corrected chi connectivity index (χ1v) is 10.3. The van der Waals surface area contributed by atoms with Gasteiger partial charge in [-0.25, -0.2) is 14.0 Å². The Morgan fingerprint density at radius 1 is 1.41 bits per heavy atom. The van der Waals surface area contributed by atoms with Crippen molar-refractivity contribution in [1.29, 1.82) is 0 Å². The largest absolute Gasteiger partial charge is 0.491 e. The van der Waals surface area contributed by atoms with E-state index in [0.29, 0.717) is 26.1 Å². The Labute approximate surface area is 182 Å². The monoisotopic (exact) mass is 494 g/mol. The second-order valence-electron chi connectivity index (χ2n) is 7.57. The van der Waals surface area contributed by atoms with Crippen LogP contribution in [0, 0.1) is 5.82 Å². The molecule has 1 atom stereocenters. The highest BCUT2D eigenvalue weighted by atomic mass is 79.9. The van der Waals surface area contributed by atoms with E-state index in [1.165, 1.54) is 7.11 Å². The summed E-state index contributed by atoms with van der Waals surface area (Å²) in [5.41, 5.74) is -0.650. The average Bonchev–Trinajstić information content (AvgIpc) is 2.66. The van der Waals surface area contributed by atoms with Crippen LogP contribution in [-0.4, -0.2) is 62.0 Å². The quantitative estimate of drug-likeness (QED) is 0.491. The molecule has 162 valence electrons. The molecule has 0 unspecified atom stereocenters. The van der Waals surface area contributed by atoms with Crippen LogP contribution in [0.3, 0.4) is 0 Å². The SMILES string of the molecule is COC(=O)c1cc(F)c(Br)c(Cl)c1OCC[C@H]1CN(C(=O)OC(C)(C)C)CCN1. The number of carbonyl (C=O) groups excluding carboxylic acids is 2. The minimum Gasteiger partial charge on any atom is -0.491 e. The first-order chi connectivity index (χ1) is 13.5. The molecular formula is C19H25BrClFN2O5. The molecule has 0 spiro atoms. The van der Waals surface area contributed by atoms with Crippen LogP contribution in [0.2, 0.25) is 5.02 Å². The van der Waals surface area contributed by atoms with E-state index in [1.807, 2.05) is 20.8 Å². The molecule has 1 aromatic rings. The summed E-state index contributed by atoms with van der Waals surface area (Å²) in [5, 5.41) is 3.27. The molecule has 1 aliphatic rings. The molecule has 1 aromatic carbocycles. The van der Waals surface area contributed by atoms with Crippen LogP contribution in [0.25, 0.3) is 0 Å². The van der Waals surface area contributed by atoms with Gasteiger partial charge in [-0.1, -0.05) is 11.6 Å². The summed E-state index contributed by atoms with van der Waals surface area (Å²) in [6.07, 6.45) is 0.175. The molecule has 1 saturated heterocycles. The first kappa shape index (κ1) is 23.7. The third kappa shape index (κ3) is 6.45. The number of ether oxygens (including phenoxy) is 3. The molecule has 1 aliphatic heterocycles. The molecule has 1 heterocycles. The fourth-order valence-electron chi connectivity index (χ4n) is 2.80. The molecule has 0 aromatic heterocycles. The Hall–Kier alpha value is -1.58. The van der Waals surface area contributed by atoms with Crippen molar-refractivity contribution in [2.75, 3.05) is 33.4 Å². The molecule has 1 amide bonds. The van der Waals surface area contributed by atoms with Gasteiger partial charge in [0.2, 0.25) is 0 Å². The van der Waals surface area contributed by atoms with E-state index in [2.05, 4.69) is 26.0 Å².